The number of piperidine rings is 1. The Labute approximate surface area is 111 Å². The zero-order valence-corrected chi connectivity index (χ0v) is 12.2. The molecule has 18 heavy (non-hydrogen) atoms. The molecule has 1 fully saturated rings. The van der Waals surface area contributed by atoms with E-state index in [1.54, 1.807) is 0 Å². The largest absolute Gasteiger partial charge is 0.343 e. The van der Waals surface area contributed by atoms with Gasteiger partial charge in [0.2, 0.25) is 5.91 Å². The van der Waals surface area contributed by atoms with Crippen molar-refractivity contribution in [2.24, 2.45) is 5.73 Å². The molecule has 1 heterocycles. The number of carbonyl (C=O) groups is 1. The Kier molecular flexibility index (Phi) is 6.65. The zero-order valence-electron chi connectivity index (χ0n) is 12.2. The fourth-order valence-corrected chi connectivity index (χ4v) is 2.58. The van der Waals surface area contributed by atoms with Crippen LogP contribution >= 0.6 is 0 Å². The van der Waals surface area contributed by atoms with Crippen molar-refractivity contribution in [1.29, 1.82) is 0 Å². The molecular weight excluding hydrogens is 226 g/mol. The number of likely N-dealkylation sites (tertiary alicyclic amines) is 1. The Morgan fingerprint density at radius 2 is 2.06 bits per heavy atom. The molecule has 106 valence electrons. The highest BCUT2D eigenvalue weighted by Crippen LogP contribution is 2.16. The van der Waals surface area contributed by atoms with Crippen molar-refractivity contribution in [3.05, 3.63) is 0 Å². The first-order valence-electron chi connectivity index (χ1n) is 7.28. The summed E-state index contributed by atoms with van der Waals surface area (Å²) in [5.74, 6) is 0.251. The van der Waals surface area contributed by atoms with Gasteiger partial charge in [0.15, 0.2) is 0 Å². The zero-order chi connectivity index (χ0) is 13.5. The third-order valence-electron chi connectivity index (χ3n) is 3.85. The van der Waals surface area contributed by atoms with Gasteiger partial charge in [0.05, 0.1) is 0 Å². The van der Waals surface area contributed by atoms with E-state index in [9.17, 15) is 4.79 Å². The summed E-state index contributed by atoms with van der Waals surface area (Å²) in [6.07, 6.45) is 4.82. The quantitative estimate of drug-likeness (QED) is 0.781. The lowest BCUT2D eigenvalue weighted by molar-refractivity contribution is -0.133. The second-order valence-corrected chi connectivity index (χ2v) is 5.59. The number of rotatable bonds is 6. The summed E-state index contributed by atoms with van der Waals surface area (Å²) in [6.45, 7) is 7.62. The molecule has 4 nitrogen and oxygen atoms in total. The van der Waals surface area contributed by atoms with Gasteiger partial charge in [0.1, 0.15) is 0 Å². The number of nitrogens with zero attached hydrogens (tertiary/aromatic N) is 2. The highest BCUT2D eigenvalue weighted by atomic mass is 16.2. The summed E-state index contributed by atoms with van der Waals surface area (Å²) in [6, 6.07) is 0.549. The highest BCUT2D eigenvalue weighted by Gasteiger charge is 2.24. The van der Waals surface area contributed by atoms with Crippen LogP contribution in [0.5, 0.6) is 0 Å². The van der Waals surface area contributed by atoms with Gasteiger partial charge in [-0.2, -0.15) is 0 Å². The minimum absolute atomic E-state index is 0.119. The molecule has 0 aromatic carbocycles. The summed E-state index contributed by atoms with van der Waals surface area (Å²) < 4.78 is 0. The number of hydrogen-bond acceptors (Lipinski definition) is 3. The van der Waals surface area contributed by atoms with E-state index in [-0.39, 0.29) is 11.9 Å². The maximum Gasteiger partial charge on any atom is 0.222 e. The molecule has 1 atom stereocenters. The maximum atomic E-state index is 12.0. The molecule has 0 bridgehead atoms. The van der Waals surface area contributed by atoms with Crippen LogP contribution in [-0.4, -0.2) is 54.5 Å². The number of hydrogen-bond donors (Lipinski definition) is 1. The summed E-state index contributed by atoms with van der Waals surface area (Å²) in [5.41, 5.74) is 5.69. The Balaban J connectivity index is 2.30. The molecular formula is C14H29N3O. The normalized spacial score (nSPS) is 19.8. The molecule has 1 aliphatic rings. The second-order valence-electron chi connectivity index (χ2n) is 5.59. The lowest BCUT2D eigenvalue weighted by Crippen LogP contribution is -2.45. The average Bonchev–Trinajstić information content (AvgIpc) is 2.36. The summed E-state index contributed by atoms with van der Waals surface area (Å²) in [4.78, 5) is 16.5. The molecule has 0 radical (unpaired) electrons. The lowest BCUT2D eigenvalue weighted by Gasteiger charge is -2.36. The average molecular weight is 255 g/mol. The SMILES string of the molecule is CCCN1CCC(N(C)C(=O)CCC(C)N)CC1. The van der Waals surface area contributed by atoms with Gasteiger partial charge in [-0.15, -0.1) is 0 Å². The predicted molar refractivity (Wildman–Crippen MR) is 75.4 cm³/mol. The maximum absolute atomic E-state index is 12.0. The molecule has 0 aromatic heterocycles. The van der Waals surface area contributed by atoms with E-state index in [0.29, 0.717) is 12.5 Å². The third-order valence-corrected chi connectivity index (χ3v) is 3.85. The van der Waals surface area contributed by atoms with Crippen molar-refractivity contribution in [2.45, 2.75) is 58.0 Å². The van der Waals surface area contributed by atoms with Gasteiger partial charge >= 0.3 is 0 Å². The van der Waals surface area contributed by atoms with Crippen molar-refractivity contribution in [2.75, 3.05) is 26.7 Å². The van der Waals surface area contributed by atoms with E-state index in [1.807, 2.05) is 18.9 Å². The lowest BCUT2D eigenvalue weighted by atomic mass is 10.0. The Morgan fingerprint density at radius 1 is 1.44 bits per heavy atom. The standard InChI is InChI=1S/C14H29N3O/c1-4-9-17-10-7-13(8-11-17)16(3)14(18)6-5-12(2)15/h12-13H,4-11,15H2,1-3H3. The summed E-state index contributed by atoms with van der Waals surface area (Å²) in [7, 11) is 1.95. The Hall–Kier alpha value is -0.610. The van der Waals surface area contributed by atoms with Gasteiger partial charge in [-0.3, -0.25) is 4.79 Å². The molecule has 2 N–H and O–H groups in total. The Morgan fingerprint density at radius 3 is 2.56 bits per heavy atom. The van der Waals surface area contributed by atoms with E-state index in [1.165, 1.54) is 13.0 Å². The molecule has 1 aliphatic heterocycles. The first-order valence-corrected chi connectivity index (χ1v) is 7.28. The molecule has 0 saturated carbocycles. The fourth-order valence-electron chi connectivity index (χ4n) is 2.58. The van der Waals surface area contributed by atoms with Gasteiger partial charge in [0.25, 0.3) is 0 Å². The van der Waals surface area contributed by atoms with Crippen LogP contribution in [0.3, 0.4) is 0 Å². The van der Waals surface area contributed by atoms with Gasteiger partial charge < -0.3 is 15.5 Å². The van der Waals surface area contributed by atoms with Crippen molar-refractivity contribution in [1.82, 2.24) is 9.80 Å². The van der Waals surface area contributed by atoms with E-state index in [2.05, 4.69) is 11.8 Å². The third kappa shape index (κ3) is 4.94. The van der Waals surface area contributed by atoms with Gasteiger partial charge in [0, 0.05) is 38.6 Å². The molecule has 1 rings (SSSR count). The summed E-state index contributed by atoms with van der Waals surface area (Å²) in [5, 5.41) is 0. The molecule has 1 amide bonds. The van der Waals surface area contributed by atoms with E-state index >= 15 is 0 Å². The van der Waals surface area contributed by atoms with Gasteiger partial charge in [-0.1, -0.05) is 6.92 Å². The number of carbonyl (C=O) groups excluding carboxylic acids is 1. The predicted octanol–water partition coefficient (Wildman–Crippen LogP) is 1.45. The molecule has 0 aliphatic carbocycles. The monoisotopic (exact) mass is 255 g/mol. The number of amides is 1. The number of nitrogens with two attached hydrogens (primary N) is 1. The minimum Gasteiger partial charge on any atom is -0.343 e. The molecule has 0 aromatic rings. The van der Waals surface area contributed by atoms with Crippen molar-refractivity contribution >= 4 is 5.91 Å². The van der Waals surface area contributed by atoms with Gasteiger partial charge in [-0.05, 0) is 39.2 Å². The first kappa shape index (κ1) is 15.4. The van der Waals surface area contributed by atoms with Crippen molar-refractivity contribution < 1.29 is 4.79 Å². The van der Waals surface area contributed by atoms with Crippen molar-refractivity contribution in [3.63, 3.8) is 0 Å². The fraction of sp³-hybridized carbons (Fsp3) is 0.929. The van der Waals surface area contributed by atoms with Crippen LogP contribution in [-0.2, 0) is 4.79 Å². The van der Waals surface area contributed by atoms with Crippen LogP contribution in [0, 0.1) is 0 Å². The van der Waals surface area contributed by atoms with Crippen LogP contribution < -0.4 is 5.73 Å². The van der Waals surface area contributed by atoms with Crippen LogP contribution in [0.1, 0.15) is 46.0 Å². The van der Waals surface area contributed by atoms with Crippen LogP contribution in [0.4, 0.5) is 0 Å². The second kappa shape index (κ2) is 7.74. The van der Waals surface area contributed by atoms with Crippen LogP contribution in [0.25, 0.3) is 0 Å². The first-order chi connectivity index (χ1) is 8.54. The van der Waals surface area contributed by atoms with Crippen LogP contribution in [0.2, 0.25) is 0 Å². The van der Waals surface area contributed by atoms with E-state index in [0.717, 1.165) is 32.4 Å². The van der Waals surface area contributed by atoms with Crippen LogP contribution in [0.15, 0.2) is 0 Å². The van der Waals surface area contributed by atoms with Gasteiger partial charge in [-0.25, -0.2) is 0 Å². The summed E-state index contributed by atoms with van der Waals surface area (Å²) >= 11 is 0. The smallest absolute Gasteiger partial charge is 0.222 e. The molecule has 1 saturated heterocycles. The molecule has 0 spiro atoms. The highest BCUT2D eigenvalue weighted by molar-refractivity contribution is 5.76. The van der Waals surface area contributed by atoms with E-state index < -0.39 is 0 Å². The van der Waals surface area contributed by atoms with E-state index in [4.69, 9.17) is 5.73 Å². The van der Waals surface area contributed by atoms with Crippen molar-refractivity contribution in [3.8, 4) is 0 Å². The topological polar surface area (TPSA) is 49.6 Å². The molecule has 1 unspecified atom stereocenters. The minimum atomic E-state index is 0.119. The Bertz CT molecular complexity index is 247. The molecule has 4 heteroatoms.